The van der Waals surface area contributed by atoms with Crippen molar-refractivity contribution in [2.45, 2.75) is 27.7 Å². The van der Waals surface area contributed by atoms with Crippen molar-refractivity contribution in [1.29, 1.82) is 0 Å². The Hall–Kier alpha value is -2.70. The molecule has 0 bridgehead atoms. The van der Waals surface area contributed by atoms with Crippen molar-refractivity contribution in [3.05, 3.63) is 58.7 Å². The number of carbonyl (C=O) groups is 2. The second-order valence-electron chi connectivity index (χ2n) is 7.77. The highest BCUT2D eigenvalue weighted by molar-refractivity contribution is 6.29. The molecule has 1 aliphatic carbocycles. The van der Waals surface area contributed by atoms with Crippen LogP contribution in [0.2, 0.25) is 0 Å². The summed E-state index contributed by atoms with van der Waals surface area (Å²) in [5.74, 6) is 0.541. The van der Waals surface area contributed by atoms with Crippen LogP contribution in [-0.2, 0) is 0 Å². The van der Waals surface area contributed by atoms with E-state index >= 15 is 0 Å². The third kappa shape index (κ3) is 5.03. The quantitative estimate of drug-likeness (QED) is 0.427. The third-order valence-corrected chi connectivity index (χ3v) is 6.12. The van der Waals surface area contributed by atoms with Crippen molar-refractivity contribution in [2.75, 3.05) is 52.5 Å². The molecule has 32 heavy (non-hydrogen) atoms. The van der Waals surface area contributed by atoms with Gasteiger partial charge in [-0.1, -0.05) is 52.0 Å². The maximum absolute atomic E-state index is 13.4. The van der Waals surface area contributed by atoms with Crippen LogP contribution in [0.1, 0.15) is 59.5 Å². The van der Waals surface area contributed by atoms with Gasteiger partial charge in [0.25, 0.3) is 0 Å². The molecule has 0 spiro atoms. The summed E-state index contributed by atoms with van der Waals surface area (Å²) in [6.07, 6.45) is 0. The van der Waals surface area contributed by atoms with Crippen molar-refractivity contribution < 1.29 is 19.1 Å². The van der Waals surface area contributed by atoms with Crippen molar-refractivity contribution in [1.82, 2.24) is 9.80 Å². The van der Waals surface area contributed by atoms with Gasteiger partial charge in [0.2, 0.25) is 0 Å². The van der Waals surface area contributed by atoms with Crippen molar-refractivity contribution in [3.8, 4) is 11.5 Å². The van der Waals surface area contributed by atoms with E-state index in [2.05, 4.69) is 37.5 Å². The lowest BCUT2D eigenvalue weighted by Gasteiger charge is -2.24. The third-order valence-electron chi connectivity index (χ3n) is 6.12. The van der Waals surface area contributed by atoms with Crippen LogP contribution in [0.3, 0.4) is 0 Å². The Kier molecular flexibility index (Phi) is 8.42. The largest absolute Gasteiger partial charge is 0.488 e. The summed E-state index contributed by atoms with van der Waals surface area (Å²) >= 11 is 0. The number of ketones is 2. The summed E-state index contributed by atoms with van der Waals surface area (Å²) in [4.78, 5) is 31.0. The van der Waals surface area contributed by atoms with E-state index in [4.69, 9.17) is 9.47 Å². The zero-order valence-electron chi connectivity index (χ0n) is 19.6. The normalized spacial score (nSPS) is 12.8. The summed E-state index contributed by atoms with van der Waals surface area (Å²) in [5.41, 5.74) is 1.55. The van der Waals surface area contributed by atoms with E-state index in [0.29, 0.717) is 47.0 Å². The minimum absolute atomic E-state index is 0.154. The molecule has 0 saturated carbocycles. The predicted octanol–water partition coefficient (Wildman–Crippen LogP) is 3.90. The Morgan fingerprint density at radius 1 is 0.656 bits per heavy atom. The van der Waals surface area contributed by atoms with Crippen LogP contribution in [0.25, 0.3) is 0 Å². The zero-order chi connectivity index (χ0) is 23.1. The average molecular weight is 439 g/mol. The van der Waals surface area contributed by atoms with Gasteiger partial charge in [-0.2, -0.15) is 0 Å². The fourth-order valence-corrected chi connectivity index (χ4v) is 4.04. The highest BCUT2D eigenvalue weighted by Gasteiger charge is 2.34. The van der Waals surface area contributed by atoms with E-state index < -0.39 is 0 Å². The molecule has 0 heterocycles. The second-order valence-corrected chi connectivity index (χ2v) is 7.77. The van der Waals surface area contributed by atoms with E-state index in [1.54, 1.807) is 36.4 Å². The van der Waals surface area contributed by atoms with Crippen LogP contribution in [0.5, 0.6) is 11.5 Å². The molecule has 0 amide bonds. The molecule has 6 nitrogen and oxygen atoms in total. The summed E-state index contributed by atoms with van der Waals surface area (Å²) in [7, 11) is 0. The molecule has 0 aliphatic heterocycles. The van der Waals surface area contributed by atoms with E-state index in [0.717, 1.165) is 39.3 Å². The van der Waals surface area contributed by atoms with Gasteiger partial charge in [-0.15, -0.1) is 0 Å². The van der Waals surface area contributed by atoms with Crippen LogP contribution in [-0.4, -0.2) is 73.8 Å². The summed E-state index contributed by atoms with van der Waals surface area (Å²) < 4.78 is 12.2. The molecule has 0 aromatic heterocycles. The van der Waals surface area contributed by atoms with Crippen LogP contribution in [0.4, 0.5) is 0 Å². The highest BCUT2D eigenvalue weighted by atomic mass is 16.5. The summed E-state index contributed by atoms with van der Waals surface area (Å²) in [5, 5.41) is 0. The number of ether oxygens (including phenoxy) is 2. The first-order valence-electron chi connectivity index (χ1n) is 11.6. The summed E-state index contributed by atoms with van der Waals surface area (Å²) in [6, 6.07) is 10.4. The zero-order valence-corrected chi connectivity index (χ0v) is 19.6. The van der Waals surface area contributed by atoms with E-state index in [1.807, 2.05) is 0 Å². The molecule has 0 unspecified atom stereocenters. The van der Waals surface area contributed by atoms with Gasteiger partial charge in [0.05, 0.1) is 5.56 Å². The van der Waals surface area contributed by atoms with Gasteiger partial charge < -0.3 is 19.3 Å². The fourth-order valence-electron chi connectivity index (χ4n) is 4.04. The molecule has 0 N–H and O–H groups in total. The van der Waals surface area contributed by atoms with Gasteiger partial charge >= 0.3 is 0 Å². The topological polar surface area (TPSA) is 59.1 Å². The smallest absolute Gasteiger partial charge is 0.198 e. The maximum Gasteiger partial charge on any atom is 0.198 e. The lowest BCUT2D eigenvalue weighted by molar-refractivity contribution is 0.0973. The van der Waals surface area contributed by atoms with Crippen molar-refractivity contribution >= 4 is 11.6 Å². The minimum Gasteiger partial charge on any atom is -0.488 e. The van der Waals surface area contributed by atoms with E-state index in [9.17, 15) is 9.59 Å². The number of likely N-dealkylation sites (N-methyl/N-ethyl adjacent to an activating group) is 2. The molecule has 172 valence electrons. The Bertz CT molecular complexity index is 949. The molecule has 0 saturated heterocycles. The monoisotopic (exact) mass is 438 g/mol. The number of nitrogens with zero attached hydrogens (tertiary/aromatic N) is 2. The van der Waals surface area contributed by atoms with Gasteiger partial charge in [0.1, 0.15) is 13.2 Å². The van der Waals surface area contributed by atoms with Gasteiger partial charge in [-0.3, -0.25) is 9.59 Å². The molecule has 0 fully saturated rings. The van der Waals surface area contributed by atoms with Crippen molar-refractivity contribution in [3.63, 3.8) is 0 Å². The summed E-state index contributed by atoms with van der Waals surface area (Å²) in [6.45, 7) is 14.6. The van der Waals surface area contributed by atoms with Crippen LogP contribution >= 0.6 is 0 Å². The SMILES string of the molecule is CCN(CC)CCOc1ccc2c(c1OCCN(CC)CC)C(=O)c1ccccc1C2=O. The first-order valence-corrected chi connectivity index (χ1v) is 11.6. The molecular formula is C26H34N2O4. The van der Waals surface area contributed by atoms with Gasteiger partial charge in [0, 0.05) is 29.8 Å². The second kappa shape index (κ2) is 11.2. The molecule has 0 radical (unpaired) electrons. The molecule has 2 aromatic rings. The molecular weight excluding hydrogens is 404 g/mol. The number of hydrogen-bond acceptors (Lipinski definition) is 6. The molecule has 6 heteroatoms. The van der Waals surface area contributed by atoms with Crippen LogP contribution in [0, 0.1) is 0 Å². The number of rotatable bonds is 12. The molecule has 0 atom stereocenters. The number of hydrogen-bond donors (Lipinski definition) is 0. The fraction of sp³-hybridized carbons (Fsp3) is 0.462. The van der Waals surface area contributed by atoms with Gasteiger partial charge in [-0.25, -0.2) is 0 Å². The Morgan fingerprint density at radius 2 is 1.19 bits per heavy atom. The Morgan fingerprint density at radius 3 is 1.75 bits per heavy atom. The van der Waals surface area contributed by atoms with Crippen LogP contribution in [0.15, 0.2) is 36.4 Å². The van der Waals surface area contributed by atoms with Gasteiger partial charge in [-0.05, 0) is 38.3 Å². The number of benzene rings is 2. The standard InChI is InChI=1S/C26H34N2O4/c1-5-27(6-2)15-17-31-22-14-13-21-23(26(22)32-18-16-28(7-3)8-4)25(30)20-12-10-9-11-19(20)24(21)29/h9-14H,5-8,15-18H2,1-4H3. The Labute approximate surface area is 191 Å². The lowest BCUT2D eigenvalue weighted by Crippen LogP contribution is -2.29. The molecule has 2 aromatic carbocycles. The van der Waals surface area contributed by atoms with E-state index in [1.165, 1.54) is 0 Å². The first-order chi connectivity index (χ1) is 15.5. The van der Waals surface area contributed by atoms with Crippen LogP contribution < -0.4 is 9.47 Å². The Balaban J connectivity index is 1.93. The average Bonchev–Trinajstić information content (AvgIpc) is 2.83. The first kappa shape index (κ1) is 24.0. The number of carbonyl (C=O) groups excluding carboxylic acids is 2. The highest BCUT2D eigenvalue weighted by Crippen LogP contribution is 2.39. The molecule has 3 rings (SSSR count). The predicted molar refractivity (Wildman–Crippen MR) is 126 cm³/mol. The van der Waals surface area contributed by atoms with Gasteiger partial charge in [0.15, 0.2) is 23.1 Å². The minimum atomic E-state index is -0.192. The maximum atomic E-state index is 13.4. The lowest BCUT2D eigenvalue weighted by atomic mass is 9.83. The van der Waals surface area contributed by atoms with E-state index in [-0.39, 0.29) is 11.6 Å². The van der Waals surface area contributed by atoms with Crippen molar-refractivity contribution in [2.24, 2.45) is 0 Å². The number of fused-ring (bicyclic) bond motifs is 2. The molecule has 1 aliphatic rings.